The molecule has 4 rings (SSSR count). The first kappa shape index (κ1) is 7.28. The molecule has 0 spiro atoms. The van der Waals surface area contributed by atoms with Gasteiger partial charge in [-0.2, -0.15) is 0 Å². The summed E-state index contributed by atoms with van der Waals surface area (Å²) < 4.78 is 0. The van der Waals surface area contributed by atoms with Gasteiger partial charge in [0.15, 0.2) is 0 Å². The van der Waals surface area contributed by atoms with Crippen LogP contribution >= 0.6 is 0 Å². The maximum absolute atomic E-state index is 2.76. The summed E-state index contributed by atoms with van der Waals surface area (Å²) in [7, 11) is 2.40. The summed E-state index contributed by atoms with van der Waals surface area (Å²) in [6.45, 7) is 0. The molecule has 72 valence electrons. The van der Waals surface area contributed by atoms with Gasteiger partial charge in [-0.05, 0) is 62.8 Å². The number of rotatable bonds is 0. The van der Waals surface area contributed by atoms with Gasteiger partial charge in [-0.15, -0.1) is 0 Å². The van der Waals surface area contributed by atoms with Crippen molar-refractivity contribution in [2.75, 3.05) is 7.05 Å². The van der Waals surface area contributed by atoms with E-state index in [0.717, 1.165) is 35.8 Å². The number of likely N-dealkylation sites (tertiary alicyclic amines) is 1. The number of fused-ring (bicyclic) bond motifs is 4. The number of nitrogens with zero attached hydrogens (tertiary/aromatic N) is 1. The van der Waals surface area contributed by atoms with E-state index < -0.39 is 0 Å². The Kier molecular flexibility index (Phi) is 1.19. The van der Waals surface area contributed by atoms with Crippen molar-refractivity contribution in [3.63, 3.8) is 0 Å². The molecule has 0 radical (unpaired) electrons. The van der Waals surface area contributed by atoms with Gasteiger partial charge in [0.2, 0.25) is 0 Å². The van der Waals surface area contributed by atoms with Crippen molar-refractivity contribution in [3.8, 4) is 0 Å². The van der Waals surface area contributed by atoms with Crippen molar-refractivity contribution in [1.29, 1.82) is 0 Å². The van der Waals surface area contributed by atoms with E-state index in [4.69, 9.17) is 0 Å². The van der Waals surface area contributed by atoms with Crippen LogP contribution in [-0.4, -0.2) is 24.0 Å². The Morgan fingerprint density at radius 1 is 0.846 bits per heavy atom. The second kappa shape index (κ2) is 2.13. The maximum Gasteiger partial charge on any atom is 0.0129 e. The van der Waals surface area contributed by atoms with Crippen LogP contribution in [0, 0.1) is 23.7 Å². The van der Waals surface area contributed by atoms with E-state index in [1.165, 1.54) is 0 Å². The van der Waals surface area contributed by atoms with Gasteiger partial charge in [0.25, 0.3) is 0 Å². The summed E-state index contributed by atoms with van der Waals surface area (Å²) in [6.07, 6.45) is 7.87. The highest BCUT2D eigenvalue weighted by molar-refractivity contribution is 5.09. The fraction of sp³-hybridized carbons (Fsp3) is 1.00. The zero-order valence-electron chi connectivity index (χ0n) is 8.45. The van der Waals surface area contributed by atoms with Gasteiger partial charge in [0.1, 0.15) is 0 Å². The first-order valence-electron chi connectivity index (χ1n) is 6.05. The normalized spacial score (nSPS) is 63.5. The van der Waals surface area contributed by atoms with Crippen molar-refractivity contribution in [1.82, 2.24) is 4.90 Å². The monoisotopic (exact) mass is 177 g/mol. The molecule has 0 amide bonds. The summed E-state index contributed by atoms with van der Waals surface area (Å²) in [6, 6.07) is 2.00. The van der Waals surface area contributed by atoms with Crippen molar-refractivity contribution in [2.45, 2.75) is 44.2 Å². The van der Waals surface area contributed by atoms with Gasteiger partial charge in [-0.1, -0.05) is 0 Å². The van der Waals surface area contributed by atoms with Crippen LogP contribution in [-0.2, 0) is 0 Å². The molecule has 3 saturated carbocycles. The average Bonchev–Trinajstić information content (AvgIpc) is 2.37. The van der Waals surface area contributed by atoms with E-state index in [2.05, 4.69) is 11.9 Å². The molecule has 0 aromatic carbocycles. The molecule has 0 aromatic rings. The van der Waals surface area contributed by atoms with Crippen LogP contribution in [0.3, 0.4) is 0 Å². The minimum atomic E-state index is 0.997. The molecule has 1 heterocycles. The Labute approximate surface area is 80.5 Å². The van der Waals surface area contributed by atoms with Crippen molar-refractivity contribution < 1.29 is 0 Å². The Hall–Kier alpha value is -0.0400. The molecular weight excluding hydrogens is 158 g/mol. The number of hydrogen-bond donors (Lipinski definition) is 0. The first-order chi connectivity index (χ1) is 6.33. The lowest BCUT2D eigenvalue weighted by Gasteiger charge is -2.47. The molecule has 4 fully saturated rings. The zero-order chi connectivity index (χ0) is 8.58. The number of hydrogen-bond acceptors (Lipinski definition) is 1. The lowest BCUT2D eigenvalue weighted by Crippen LogP contribution is -2.41. The fourth-order valence-corrected chi connectivity index (χ4v) is 5.25. The van der Waals surface area contributed by atoms with Crippen LogP contribution in [0.15, 0.2) is 0 Å². The molecule has 1 saturated heterocycles. The molecule has 6 atom stereocenters. The van der Waals surface area contributed by atoms with Crippen LogP contribution in [0.5, 0.6) is 0 Å². The van der Waals surface area contributed by atoms with Gasteiger partial charge < -0.3 is 0 Å². The quantitative estimate of drug-likeness (QED) is 0.548. The van der Waals surface area contributed by atoms with E-state index in [9.17, 15) is 0 Å². The summed E-state index contributed by atoms with van der Waals surface area (Å²) in [5.41, 5.74) is 0. The van der Waals surface area contributed by atoms with Crippen LogP contribution < -0.4 is 0 Å². The molecule has 0 N–H and O–H groups in total. The van der Waals surface area contributed by atoms with Crippen LogP contribution in [0.2, 0.25) is 0 Å². The summed E-state index contributed by atoms with van der Waals surface area (Å²) in [4.78, 5) is 2.76. The standard InChI is InChI=1S/C12H19N/c1-13-11-6-10-8-2-7(4-12(10)13)3-9(11)5-8/h7-12H,2-6H2,1H3. The van der Waals surface area contributed by atoms with E-state index in [1.54, 1.807) is 32.1 Å². The smallest absolute Gasteiger partial charge is 0.0129 e. The molecule has 3 aliphatic carbocycles. The van der Waals surface area contributed by atoms with E-state index in [0.29, 0.717) is 0 Å². The third-order valence-corrected chi connectivity index (χ3v) is 5.66. The summed E-state index contributed by atoms with van der Waals surface area (Å²) >= 11 is 0. The van der Waals surface area contributed by atoms with Gasteiger partial charge in [0, 0.05) is 12.1 Å². The van der Waals surface area contributed by atoms with Gasteiger partial charge >= 0.3 is 0 Å². The molecule has 13 heavy (non-hydrogen) atoms. The SMILES string of the molecule is CN1C2CC3C4CC(CC2C4)CC31. The fourth-order valence-electron chi connectivity index (χ4n) is 5.25. The highest BCUT2D eigenvalue weighted by atomic mass is 15.2. The predicted molar refractivity (Wildman–Crippen MR) is 52.4 cm³/mol. The van der Waals surface area contributed by atoms with Crippen LogP contribution in [0.25, 0.3) is 0 Å². The lowest BCUT2D eigenvalue weighted by molar-refractivity contribution is 0.0555. The van der Waals surface area contributed by atoms with Crippen molar-refractivity contribution in [2.24, 2.45) is 23.7 Å². The Balaban J connectivity index is 1.84. The lowest BCUT2D eigenvalue weighted by atomic mass is 9.58. The van der Waals surface area contributed by atoms with Gasteiger partial charge in [0.05, 0.1) is 0 Å². The Bertz CT molecular complexity index is 246. The summed E-state index contributed by atoms with van der Waals surface area (Å²) in [5.74, 6) is 4.47. The minimum Gasteiger partial charge on any atom is -0.300 e. The van der Waals surface area contributed by atoms with Crippen molar-refractivity contribution in [3.05, 3.63) is 0 Å². The maximum atomic E-state index is 2.76. The first-order valence-corrected chi connectivity index (χ1v) is 6.05. The minimum absolute atomic E-state index is 0.997. The van der Waals surface area contributed by atoms with Crippen molar-refractivity contribution >= 4 is 0 Å². The molecule has 4 aliphatic rings. The van der Waals surface area contributed by atoms with Crippen LogP contribution in [0.4, 0.5) is 0 Å². The molecule has 0 aromatic heterocycles. The largest absolute Gasteiger partial charge is 0.300 e. The van der Waals surface area contributed by atoms with Gasteiger partial charge in [-0.3, -0.25) is 4.90 Å². The van der Waals surface area contributed by atoms with Gasteiger partial charge in [-0.25, -0.2) is 0 Å². The molecule has 1 nitrogen and oxygen atoms in total. The highest BCUT2D eigenvalue weighted by Gasteiger charge is 2.56. The predicted octanol–water partition coefficient (Wildman–Crippen LogP) is 2.13. The molecule has 1 aliphatic heterocycles. The second-order valence-corrected chi connectivity index (χ2v) is 6.03. The van der Waals surface area contributed by atoms with E-state index in [1.807, 2.05) is 0 Å². The van der Waals surface area contributed by atoms with E-state index in [-0.39, 0.29) is 0 Å². The topological polar surface area (TPSA) is 3.24 Å². The van der Waals surface area contributed by atoms with E-state index >= 15 is 0 Å². The Morgan fingerprint density at radius 3 is 2.62 bits per heavy atom. The summed E-state index contributed by atoms with van der Waals surface area (Å²) in [5, 5.41) is 0. The molecule has 1 heteroatoms. The zero-order valence-corrected chi connectivity index (χ0v) is 8.45. The molecule has 6 unspecified atom stereocenters. The Morgan fingerprint density at radius 2 is 1.69 bits per heavy atom. The third-order valence-electron chi connectivity index (χ3n) is 5.66. The second-order valence-electron chi connectivity index (χ2n) is 6.03. The highest BCUT2D eigenvalue weighted by Crippen LogP contribution is 2.58. The molecule has 5 bridgehead atoms. The average molecular weight is 177 g/mol. The third kappa shape index (κ3) is 0.743. The molecular formula is C12H19N. The van der Waals surface area contributed by atoms with Crippen LogP contribution in [0.1, 0.15) is 32.1 Å².